The van der Waals surface area contributed by atoms with Gasteiger partial charge in [-0.1, -0.05) is 96.4 Å². The number of amides is 3. The molecule has 9 heteroatoms. The van der Waals surface area contributed by atoms with Gasteiger partial charge in [0.25, 0.3) is 0 Å². The number of hydrogen-bond donors (Lipinski definition) is 3. The van der Waals surface area contributed by atoms with Crippen LogP contribution in [0.5, 0.6) is 0 Å². The highest BCUT2D eigenvalue weighted by Crippen LogP contribution is 2.22. The maximum atomic E-state index is 13.4. The first-order valence-corrected chi connectivity index (χ1v) is 15.3. The second kappa shape index (κ2) is 17.3. The number of rotatable bonds is 12. The van der Waals surface area contributed by atoms with Gasteiger partial charge in [-0.3, -0.25) is 14.4 Å². The van der Waals surface area contributed by atoms with E-state index in [-0.39, 0.29) is 30.6 Å². The van der Waals surface area contributed by atoms with Gasteiger partial charge in [0, 0.05) is 11.4 Å². The van der Waals surface area contributed by atoms with Crippen molar-refractivity contribution in [2.75, 3.05) is 0 Å². The Morgan fingerprint density at radius 1 is 0.925 bits per heavy atom. The Labute approximate surface area is 244 Å². The molecule has 1 heterocycles. The van der Waals surface area contributed by atoms with Gasteiger partial charge in [-0.05, 0) is 42.9 Å². The molecule has 0 aromatic heterocycles. The van der Waals surface area contributed by atoms with E-state index in [2.05, 4.69) is 22.9 Å². The fraction of sp³-hybridized carbons (Fsp3) is 0.677. The molecule has 1 aromatic rings. The third-order valence-electron chi connectivity index (χ3n) is 7.80. The molecule has 0 spiro atoms. The number of ether oxygens (including phenoxy) is 1. The van der Waals surface area contributed by atoms with Crippen molar-refractivity contribution in [3.8, 4) is 0 Å². The molecular formula is C31H48ClN3O5. The monoisotopic (exact) mass is 577 g/mol. The lowest BCUT2D eigenvalue weighted by molar-refractivity contribution is -0.158. The van der Waals surface area contributed by atoms with Crippen molar-refractivity contribution in [1.29, 1.82) is 0 Å². The van der Waals surface area contributed by atoms with E-state index in [1.165, 1.54) is 19.3 Å². The molecule has 0 aliphatic carbocycles. The Hall–Kier alpha value is -2.61. The third-order valence-corrected chi connectivity index (χ3v) is 8.03. The highest BCUT2D eigenvalue weighted by Gasteiger charge is 2.35. The molecule has 0 bridgehead atoms. The summed E-state index contributed by atoms with van der Waals surface area (Å²) in [6.07, 6.45) is 7.72. The van der Waals surface area contributed by atoms with Crippen LogP contribution in [0.25, 0.3) is 0 Å². The summed E-state index contributed by atoms with van der Waals surface area (Å²) in [7, 11) is 0. The minimum atomic E-state index is -0.933. The zero-order valence-electron chi connectivity index (χ0n) is 24.8. The summed E-state index contributed by atoms with van der Waals surface area (Å²) < 4.78 is 5.97. The Balaban J connectivity index is 2.30. The Bertz CT molecular complexity index is 987. The molecule has 2 rings (SSSR count). The van der Waals surface area contributed by atoms with Crippen LogP contribution in [0.4, 0.5) is 0 Å². The van der Waals surface area contributed by atoms with Crippen LogP contribution in [0.15, 0.2) is 24.3 Å². The molecule has 224 valence electrons. The van der Waals surface area contributed by atoms with Crippen molar-refractivity contribution in [2.24, 2.45) is 11.8 Å². The molecule has 1 aromatic carbocycles. The first kappa shape index (κ1) is 33.6. The van der Waals surface area contributed by atoms with Crippen LogP contribution in [-0.4, -0.2) is 47.9 Å². The van der Waals surface area contributed by atoms with Crippen molar-refractivity contribution in [2.45, 2.75) is 123 Å². The van der Waals surface area contributed by atoms with E-state index in [9.17, 15) is 19.2 Å². The predicted molar refractivity (Wildman–Crippen MR) is 158 cm³/mol. The Morgan fingerprint density at radius 2 is 1.62 bits per heavy atom. The quantitative estimate of drug-likeness (QED) is 0.236. The normalized spacial score (nSPS) is 24.4. The number of esters is 1. The van der Waals surface area contributed by atoms with Crippen molar-refractivity contribution in [1.82, 2.24) is 16.0 Å². The molecular weight excluding hydrogens is 530 g/mol. The number of carbonyl (C=O) groups is 4. The van der Waals surface area contributed by atoms with Gasteiger partial charge in [0.1, 0.15) is 24.2 Å². The third kappa shape index (κ3) is 11.1. The van der Waals surface area contributed by atoms with Gasteiger partial charge in [0.05, 0.1) is 6.42 Å². The lowest BCUT2D eigenvalue weighted by Gasteiger charge is -2.29. The molecule has 6 atom stereocenters. The summed E-state index contributed by atoms with van der Waals surface area (Å²) in [5, 5.41) is 8.84. The van der Waals surface area contributed by atoms with Gasteiger partial charge in [0.15, 0.2) is 0 Å². The molecule has 3 N–H and O–H groups in total. The number of carbonyl (C=O) groups excluding carboxylic acids is 4. The zero-order chi connectivity index (χ0) is 29.7. The standard InChI is InChI=1S/C31H48ClN3O5/c1-6-8-9-10-11-12-14-21(4)26-19-27(36)34-25(18-23-15-13-16-24(32)17-23)30(38)33-22(5)29(37)35-28(20(3)7-2)31(39)40-26/h13,15-17,20-22,25-26,28H,6-12,14,18-19H2,1-5H3,(H,33,38)(H,34,36)(H,35,37)/t20-,21-,22-,25-,26-,28+/m0/s1. The van der Waals surface area contributed by atoms with Crippen molar-refractivity contribution < 1.29 is 23.9 Å². The molecule has 0 radical (unpaired) electrons. The van der Waals surface area contributed by atoms with Crippen molar-refractivity contribution >= 4 is 35.3 Å². The fourth-order valence-corrected chi connectivity index (χ4v) is 5.10. The number of unbranched alkanes of at least 4 members (excludes halogenated alkanes) is 5. The van der Waals surface area contributed by atoms with Gasteiger partial charge >= 0.3 is 5.97 Å². The van der Waals surface area contributed by atoms with E-state index in [1.807, 2.05) is 26.8 Å². The van der Waals surface area contributed by atoms with Gasteiger partial charge in [-0.25, -0.2) is 4.79 Å². The summed E-state index contributed by atoms with van der Waals surface area (Å²) in [5.41, 5.74) is 0.769. The molecule has 3 amide bonds. The highest BCUT2D eigenvalue weighted by molar-refractivity contribution is 6.30. The lowest BCUT2D eigenvalue weighted by atomic mass is 9.93. The van der Waals surface area contributed by atoms with Gasteiger partial charge in [-0.2, -0.15) is 0 Å². The van der Waals surface area contributed by atoms with Crippen LogP contribution in [0.3, 0.4) is 0 Å². The summed E-state index contributed by atoms with van der Waals surface area (Å²) in [5.74, 6) is -2.18. The van der Waals surface area contributed by atoms with Crippen LogP contribution in [0.1, 0.15) is 98.0 Å². The molecule has 40 heavy (non-hydrogen) atoms. The maximum absolute atomic E-state index is 13.4. The minimum absolute atomic E-state index is 0.0706. The van der Waals surface area contributed by atoms with E-state index < -0.39 is 42.0 Å². The van der Waals surface area contributed by atoms with E-state index in [0.29, 0.717) is 11.4 Å². The van der Waals surface area contributed by atoms with Crippen molar-refractivity contribution in [3.05, 3.63) is 34.9 Å². The molecule has 0 saturated carbocycles. The molecule has 1 saturated heterocycles. The Morgan fingerprint density at radius 3 is 2.30 bits per heavy atom. The summed E-state index contributed by atoms with van der Waals surface area (Å²) in [6.45, 7) is 9.53. The van der Waals surface area contributed by atoms with Crippen LogP contribution >= 0.6 is 11.6 Å². The fourth-order valence-electron chi connectivity index (χ4n) is 4.89. The summed E-state index contributed by atoms with van der Waals surface area (Å²) >= 11 is 6.14. The first-order valence-electron chi connectivity index (χ1n) is 14.9. The number of benzene rings is 1. The van der Waals surface area contributed by atoms with E-state index in [0.717, 1.165) is 31.2 Å². The van der Waals surface area contributed by atoms with Gasteiger partial charge in [0.2, 0.25) is 17.7 Å². The zero-order valence-corrected chi connectivity index (χ0v) is 25.5. The van der Waals surface area contributed by atoms with Gasteiger partial charge in [-0.15, -0.1) is 0 Å². The van der Waals surface area contributed by atoms with Crippen LogP contribution < -0.4 is 16.0 Å². The number of cyclic esters (lactones) is 1. The van der Waals surface area contributed by atoms with Crippen LogP contribution in [0.2, 0.25) is 5.02 Å². The number of halogens is 1. The largest absolute Gasteiger partial charge is 0.460 e. The molecule has 8 nitrogen and oxygen atoms in total. The summed E-state index contributed by atoms with van der Waals surface area (Å²) in [6, 6.07) is 4.34. The predicted octanol–water partition coefficient (Wildman–Crippen LogP) is 5.11. The molecule has 1 aliphatic rings. The first-order chi connectivity index (χ1) is 19.0. The van der Waals surface area contributed by atoms with E-state index in [1.54, 1.807) is 25.1 Å². The second-order valence-corrected chi connectivity index (χ2v) is 11.7. The summed E-state index contributed by atoms with van der Waals surface area (Å²) in [4.78, 5) is 53.0. The Kier molecular flexibility index (Phi) is 14.5. The molecule has 0 unspecified atom stereocenters. The van der Waals surface area contributed by atoms with Crippen LogP contribution in [-0.2, 0) is 30.3 Å². The maximum Gasteiger partial charge on any atom is 0.329 e. The van der Waals surface area contributed by atoms with Gasteiger partial charge < -0.3 is 20.7 Å². The molecule has 1 fully saturated rings. The average molecular weight is 578 g/mol. The SMILES string of the molecule is CCCCCCCC[C@H](C)[C@@H]1CC(=O)N[C@@H](Cc2cccc(Cl)c2)C(=O)N[C@@H](C)C(=O)N[C@H]([C@@H](C)CC)C(=O)O1. The lowest BCUT2D eigenvalue weighted by Crippen LogP contribution is -2.55. The molecule has 1 aliphatic heterocycles. The number of hydrogen-bond acceptors (Lipinski definition) is 5. The van der Waals surface area contributed by atoms with Crippen molar-refractivity contribution in [3.63, 3.8) is 0 Å². The topological polar surface area (TPSA) is 114 Å². The second-order valence-electron chi connectivity index (χ2n) is 11.3. The van der Waals surface area contributed by atoms with Crippen LogP contribution in [0, 0.1) is 11.8 Å². The highest BCUT2D eigenvalue weighted by atomic mass is 35.5. The minimum Gasteiger partial charge on any atom is -0.460 e. The number of nitrogens with one attached hydrogen (secondary N) is 3. The average Bonchev–Trinajstić information content (AvgIpc) is 2.91. The van der Waals surface area contributed by atoms with E-state index in [4.69, 9.17) is 16.3 Å². The smallest absolute Gasteiger partial charge is 0.329 e. The van der Waals surface area contributed by atoms with E-state index >= 15 is 0 Å².